The number of aromatic nitrogens is 5. The van der Waals surface area contributed by atoms with Crippen LogP contribution in [0.25, 0.3) is 121 Å². The molecule has 5 heterocycles. The van der Waals surface area contributed by atoms with Gasteiger partial charge in [0.25, 0.3) is 0 Å². The molecule has 64 heavy (non-hydrogen) atoms. The minimum Gasteiger partial charge on any atom is -0.456 e. The van der Waals surface area contributed by atoms with E-state index in [1.54, 1.807) is 0 Å². The Kier molecular flexibility index (Phi) is 7.22. The van der Waals surface area contributed by atoms with E-state index in [0.29, 0.717) is 0 Å². The highest BCUT2D eigenvalue weighted by Gasteiger charge is 2.20. The molecule has 5 aromatic heterocycles. The van der Waals surface area contributed by atoms with Crippen molar-refractivity contribution in [2.45, 2.75) is 6.92 Å². The number of rotatable bonds is 5. The van der Waals surface area contributed by atoms with Gasteiger partial charge in [0.1, 0.15) is 17.0 Å². The zero-order valence-corrected chi connectivity index (χ0v) is 34.8. The fourth-order valence-electron chi connectivity index (χ4n) is 10.5. The Balaban J connectivity index is 1.01. The van der Waals surface area contributed by atoms with Crippen molar-refractivity contribution in [3.05, 3.63) is 212 Å². The minimum absolute atomic E-state index is 0.846. The van der Waals surface area contributed by atoms with Crippen LogP contribution in [-0.4, -0.2) is 23.3 Å². The van der Waals surface area contributed by atoms with Gasteiger partial charge in [-0.1, -0.05) is 91.0 Å². The first-order valence-corrected chi connectivity index (χ1v) is 21.8. The van der Waals surface area contributed by atoms with E-state index in [1.807, 2.05) is 12.4 Å². The van der Waals surface area contributed by atoms with E-state index in [4.69, 9.17) is 9.40 Å². The zero-order chi connectivity index (χ0) is 42.0. The standard InChI is InChI=1S/C58H37N5O/c1-36-12-2-7-17-49(36)60-31-30-59-58(60)37-22-28-56-47(32-37)48-35-40(25-29-57(48)64-56)63-54-26-23-38(61-50-18-8-3-13-41(50)42-14-4-9-19-51(42)61)33-45(54)46-34-39(24-27-55(46)63)62-52-20-10-5-15-43(52)44-16-6-11-21-53(44)62/h2-35H,1H3. The summed E-state index contributed by atoms with van der Waals surface area (Å²) in [4.78, 5) is 4.84. The molecular formula is C58H37N5O. The lowest BCUT2D eigenvalue weighted by atomic mass is 10.1. The number of nitrogens with zero attached hydrogens (tertiary/aromatic N) is 5. The van der Waals surface area contributed by atoms with E-state index in [1.165, 1.54) is 59.9 Å². The molecule has 300 valence electrons. The number of aryl methyl sites for hydroxylation is 1. The monoisotopic (exact) mass is 819 g/mol. The second-order valence-corrected chi connectivity index (χ2v) is 16.9. The summed E-state index contributed by atoms with van der Waals surface area (Å²) in [5.41, 5.74) is 15.4. The maximum absolute atomic E-state index is 6.52. The van der Waals surface area contributed by atoms with Gasteiger partial charge >= 0.3 is 0 Å². The molecule has 14 aromatic rings. The summed E-state index contributed by atoms with van der Waals surface area (Å²) in [6.45, 7) is 2.14. The van der Waals surface area contributed by atoms with Gasteiger partial charge in [-0.05, 0) is 116 Å². The Morgan fingerprint density at radius 2 is 0.797 bits per heavy atom. The Labute approximate surface area is 366 Å². The fraction of sp³-hybridized carbons (Fsp3) is 0.0172. The molecule has 0 radical (unpaired) electrons. The molecule has 0 atom stereocenters. The average Bonchev–Trinajstić information content (AvgIpc) is 4.17. The van der Waals surface area contributed by atoms with Gasteiger partial charge in [-0.2, -0.15) is 0 Å². The second kappa shape index (κ2) is 13.2. The van der Waals surface area contributed by atoms with Crippen molar-refractivity contribution in [1.82, 2.24) is 23.3 Å². The van der Waals surface area contributed by atoms with Crippen LogP contribution in [0.2, 0.25) is 0 Å². The van der Waals surface area contributed by atoms with Crippen LogP contribution in [0.1, 0.15) is 5.56 Å². The molecule has 6 heteroatoms. The number of para-hydroxylation sites is 5. The van der Waals surface area contributed by atoms with Gasteiger partial charge in [0.2, 0.25) is 0 Å². The lowest BCUT2D eigenvalue weighted by Gasteiger charge is -2.11. The topological polar surface area (TPSA) is 45.8 Å². The smallest absolute Gasteiger partial charge is 0.144 e. The van der Waals surface area contributed by atoms with E-state index in [9.17, 15) is 0 Å². The Morgan fingerprint density at radius 1 is 0.375 bits per heavy atom. The number of fused-ring (bicyclic) bond motifs is 12. The van der Waals surface area contributed by atoms with E-state index in [-0.39, 0.29) is 0 Å². The lowest BCUT2D eigenvalue weighted by Crippen LogP contribution is -1.98. The van der Waals surface area contributed by atoms with Gasteiger partial charge in [0.15, 0.2) is 0 Å². The molecule has 14 rings (SSSR count). The maximum Gasteiger partial charge on any atom is 0.144 e. The van der Waals surface area contributed by atoms with E-state index < -0.39 is 0 Å². The second-order valence-electron chi connectivity index (χ2n) is 16.9. The quantitative estimate of drug-likeness (QED) is 0.174. The summed E-state index contributed by atoms with van der Waals surface area (Å²) >= 11 is 0. The number of imidazole rings is 1. The fourth-order valence-corrected chi connectivity index (χ4v) is 10.5. The van der Waals surface area contributed by atoms with Crippen LogP contribution in [0.5, 0.6) is 0 Å². The Bertz CT molecular complexity index is 3950. The molecule has 0 aliphatic heterocycles. The molecule has 0 N–H and O–H groups in total. The van der Waals surface area contributed by atoms with E-state index in [0.717, 1.165) is 67.1 Å². The van der Waals surface area contributed by atoms with E-state index in [2.05, 4.69) is 219 Å². The van der Waals surface area contributed by atoms with Crippen LogP contribution in [0.15, 0.2) is 211 Å². The van der Waals surface area contributed by atoms with Gasteiger partial charge < -0.3 is 18.1 Å². The molecule has 0 amide bonds. The number of benzene rings is 9. The van der Waals surface area contributed by atoms with Gasteiger partial charge in [-0.15, -0.1) is 0 Å². The van der Waals surface area contributed by atoms with Crippen LogP contribution in [0.3, 0.4) is 0 Å². The molecule has 0 aliphatic rings. The summed E-state index contributed by atoms with van der Waals surface area (Å²) in [5.74, 6) is 0.891. The van der Waals surface area contributed by atoms with Crippen molar-refractivity contribution < 1.29 is 4.42 Å². The van der Waals surface area contributed by atoms with Crippen LogP contribution in [0.4, 0.5) is 0 Å². The number of hydrogen-bond acceptors (Lipinski definition) is 2. The third kappa shape index (κ3) is 4.93. The first kappa shape index (κ1) is 35.0. The van der Waals surface area contributed by atoms with Crippen molar-refractivity contribution in [2.24, 2.45) is 0 Å². The number of hydrogen-bond donors (Lipinski definition) is 0. The summed E-state index contributed by atoms with van der Waals surface area (Å²) in [7, 11) is 0. The molecule has 0 aliphatic carbocycles. The minimum atomic E-state index is 0.846. The van der Waals surface area contributed by atoms with Crippen LogP contribution in [-0.2, 0) is 0 Å². The first-order valence-electron chi connectivity index (χ1n) is 21.8. The molecule has 0 fully saturated rings. The largest absolute Gasteiger partial charge is 0.456 e. The third-order valence-corrected chi connectivity index (χ3v) is 13.4. The van der Waals surface area contributed by atoms with Crippen molar-refractivity contribution >= 4 is 87.4 Å². The highest BCUT2D eigenvalue weighted by Crippen LogP contribution is 2.41. The lowest BCUT2D eigenvalue weighted by molar-refractivity contribution is 0.669. The molecule has 6 nitrogen and oxygen atoms in total. The first-order chi connectivity index (χ1) is 31.7. The molecule has 0 unspecified atom stereocenters. The molecule has 0 spiro atoms. The Hall–Kier alpha value is -8.61. The van der Waals surface area contributed by atoms with Crippen LogP contribution >= 0.6 is 0 Å². The van der Waals surface area contributed by atoms with Crippen LogP contribution in [0, 0.1) is 6.92 Å². The van der Waals surface area contributed by atoms with Crippen molar-refractivity contribution in [3.8, 4) is 34.1 Å². The zero-order valence-electron chi connectivity index (χ0n) is 34.8. The normalized spacial score (nSPS) is 12.1. The molecule has 9 aromatic carbocycles. The van der Waals surface area contributed by atoms with Gasteiger partial charge in [0.05, 0.1) is 33.1 Å². The van der Waals surface area contributed by atoms with E-state index >= 15 is 0 Å². The molecular weight excluding hydrogens is 783 g/mol. The van der Waals surface area contributed by atoms with Gasteiger partial charge in [-0.25, -0.2) is 4.98 Å². The third-order valence-electron chi connectivity index (χ3n) is 13.4. The highest BCUT2D eigenvalue weighted by molar-refractivity contribution is 6.15. The van der Waals surface area contributed by atoms with Crippen LogP contribution < -0.4 is 0 Å². The van der Waals surface area contributed by atoms with Crippen molar-refractivity contribution in [3.63, 3.8) is 0 Å². The molecule has 0 saturated heterocycles. The number of furan rings is 1. The average molecular weight is 820 g/mol. The summed E-state index contributed by atoms with van der Waals surface area (Å²) in [6, 6.07) is 70.3. The maximum atomic E-state index is 6.52. The Morgan fingerprint density at radius 3 is 1.33 bits per heavy atom. The molecule has 0 saturated carbocycles. The summed E-state index contributed by atoms with van der Waals surface area (Å²) in [5, 5.41) is 9.46. The predicted molar refractivity (Wildman–Crippen MR) is 264 cm³/mol. The SMILES string of the molecule is Cc1ccccc1-n1ccnc1-c1ccc2oc3ccc(-n4c5ccc(-n6c7ccccc7c7ccccc76)cc5c5cc(-n6c7ccccc7c7ccccc76)ccc54)cc3c2c1. The summed E-state index contributed by atoms with van der Waals surface area (Å²) in [6.07, 6.45) is 3.91. The summed E-state index contributed by atoms with van der Waals surface area (Å²) < 4.78 is 15.9. The van der Waals surface area contributed by atoms with Crippen molar-refractivity contribution in [2.75, 3.05) is 0 Å². The van der Waals surface area contributed by atoms with Crippen molar-refractivity contribution in [1.29, 1.82) is 0 Å². The van der Waals surface area contributed by atoms with Gasteiger partial charge in [-0.3, -0.25) is 4.57 Å². The molecule has 0 bridgehead atoms. The highest BCUT2D eigenvalue weighted by atomic mass is 16.3. The predicted octanol–water partition coefficient (Wildman–Crippen LogP) is 15.0. The van der Waals surface area contributed by atoms with Gasteiger partial charge in [0, 0.05) is 83.8 Å².